The van der Waals surface area contributed by atoms with Crippen LogP contribution in [-0.2, 0) is 0 Å². The molecule has 0 fully saturated rings. The normalized spacial score (nSPS) is 10.8. The highest BCUT2D eigenvalue weighted by Crippen LogP contribution is 2.18. The van der Waals surface area contributed by atoms with E-state index >= 15 is 0 Å². The van der Waals surface area contributed by atoms with E-state index in [0.717, 1.165) is 6.20 Å². The van der Waals surface area contributed by atoms with E-state index in [4.69, 9.17) is 11.6 Å². The Bertz CT molecular complexity index is 348. The molecule has 5 heteroatoms. The fraction of sp³-hybridized carbons (Fsp3) is 0.286. The van der Waals surface area contributed by atoms with Crippen molar-refractivity contribution < 1.29 is 8.78 Å². The Morgan fingerprint density at radius 1 is 1.58 bits per heavy atom. The average molecular weight is 194 g/mol. The lowest BCUT2D eigenvalue weighted by molar-refractivity contribution is 0.145. The molecule has 0 aliphatic rings. The van der Waals surface area contributed by atoms with Crippen molar-refractivity contribution in [2.24, 2.45) is 0 Å². The zero-order valence-electron chi connectivity index (χ0n) is 6.20. The Balaban J connectivity index is 3.37. The smallest absolute Gasteiger partial charge is 0.278 e. The molecule has 0 aliphatic carbocycles. The zero-order valence-corrected chi connectivity index (χ0v) is 6.95. The van der Waals surface area contributed by atoms with Gasteiger partial charge in [-0.25, -0.2) is 8.78 Å². The summed E-state index contributed by atoms with van der Waals surface area (Å²) in [6, 6.07) is 0. The molecular formula is C7H6ClF2NO. The number of hydrogen-bond acceptors (Lipinski definition) is 1. The second-order valence-corrected chi connectivity index (χ2v) is 2.71. The molecule has 1 aromatic rings. The molecule has 0 amide bonds. The van der Waals surface area contributed by atoms with E-state index in [1.807, 2.05) is 0 Å². The van der Waals surface area contributed by atoms with Crippen LogP contribution >= 0.6 is 11.6 Å². The van der Waals surface area contributed by atoms with Gasteiger partial charge in [0.15, 0.2) is 0 Å². The van der Waals surface area contributed by atoms with Crippen molar-refractivity contribution >= 4 is 11.6 Å². The second-order valence-electron chi connectivity index (χ2n) is 2.31. The molecule has 0 saturated heterocycles. The van der Waals surface area contributed by atoms with Crippen molar-refractivity contribution in [2.75, 3.05) is 0 Å². The quantitative estimate of drug-likeness (QED) is 0.729. The Morgan fingerprint density at radius 2 is 2.17 bits per heavy atom. The van der Waals surface area contributed by atoms with Crippen LogP contribution in [0.5, 0.6) is 0 Å². The maximum atomic E-state index is 12.1. The third-order valence-electron chi connectivity index (χ3n) is 1.53. The molecule has 0 aromatic carbocycles. The summed E-state index contributed by atoms with van der Waals surface area (Å²) >= 11 is 5.40. The third kappa shape index (κ3) is 1.48. The zero-order chi connectivity index (χ0) is 9.30. The molecule has 1 heterocycles. The molecule has 1 aromatic heterocycles. The molecule has 0 spiro atoms. The molecule has 0 saturated carbocycles. The number of nitrogens with one attached hydrogen (secondary N) is 1. The lowest BCUT2D eigenvalue weighted by atomic mass is 10.2. The van der Waals surface area contributed by atoms with E-state index in [1.165, 1.54) is 6.92 Å². The van der Waals surface area contributed by atoms with E-state index in [2.05, 4.69) is 4.98 Å². The minimum Gasteiger partial charge on any atom is -0.359 e. The maximum absolute atomic E-state index is 12.1. The number of H-pyrrole nitrogens is 1. The summed E-state index contributed by atoms with van der Waals surface area (Å²) in [7, 11) is 0. The van der Waals surface area contributed by atoms with Gasteiger partial charge >= 0.3 is 0 Å². The third-order valence-corrected chi connectivity index (χ3v) is 1.81. The van der Waals surface area contributed by atoms with Gasteiger partial charge in [0, 0.05) is 11.8 Å². The van der Waals surface area contributed by atoms with Crippen molar-refractivity contribution in [1.29, 1.82) is 0 Å². The number of aromatic nitrogens is 1. The molecule has 1 N–H and O–H groups in total. The maximum Gasteiger partial charge on any atom is 0.278 e. The number of alkyl halides is 2. The van der Waals surface area contributed by atoms with Crippen molar-refractivity contribution in [3.63, 3.8) is 0 Å². The van der Waals surface area contributed by atoms with E-state index in [0.29, 0.717) is 0 Å². The van der Waals surface area contributed by atoms with E-state index < -0.39 is 11.9 Å². The molecule has 0 radical (unpaired) electrons. The fourth-order valence-corrected chi connectivity index (χ4v) is 1.04. The Morgan fingerprint density at radius 3 is 2.67 bits per heavy atom. The van der Waals surface area contributed by atoms with Crippen molar-refractivity contribution in [3.05, 3.63) is 32.7 Å². The van der Waals surface area contributed by atoms with Crippen LogP contribution in [0.3, 0.4) is 0 Å². The fourth-order valence-electron chi connectivity index (χ4n) is 0.843. The highest BCUT2D eigenvalue weighted by atomic mass is 35.5. The van der Waals surface area contributed by atoms with Crippen LogP contribution in [0.1, 0.15) is 17.7 Å². The van der Waals surface area contributed by atoms with Gasteiger partial charge in [0.2, 0.25) is 5.43 Å². The molecule has 0 bridgehead atoms. The number of rotatable bonds is 1. The van der Waals surface area contributed by atoms with Crippen LogP contribution in [0.15, 0.2) is 11.0 Å². The number of aromatic amines is 1. The molecule has 0 aliphatic heterocycles. The minimum atomic E-state index is -2.67. The van der Waals surface area contributed by atoms with Crippen LogP contribution in [0, 0.1) is 6.92 Å². The topological polar surface area (TPSA) is 32.9 Å². The summed E-state index contributed by atoms with van der Waals surface area (Å²) in [5.41, 5.74) is -0.951. The highest BCUT2D eigenvalue weighted by Gasteiger charge is 2.14. The standard InChI is InChI=1S/C7H6ClF2NO/c1-3-5(7(9)10)11-2-4(8)6(3)12/h2,7H,1H3,(H,11,12). The van der Waals surface area contributed by atoms with Gasteiger partial charge in [0.25, 0.3) is 6.43 Å². The van der Waals surface area contributed by atoms with Crippen LogP contribution in [-0.4, -0.2) is 4.98 Å². The highest BCUT2D eigenvalue weighted by molar-refractivity contribution is 6.30. The second kappa shape index (κ2) is 3.23. The van der Waals surface area contributed by atoms with Gasteiger partial charge in [0.1, 0.15) is 5.02 Å². The first-order valence-corrected chi connectivity index (χ1v) is 3.57. The number of pyridine rings is 1. The summed E-state index contributed by atoms with van der Waals surface area (Å²) in [5.74, 6) is 0. The van der Waals surface area contributed by atoms with Crippen LogP contribution < -0.4 is 5.43 Å². The van der Waals surface area contributed by atoms with Gasteiger partial charge in [-0.2, -0.15) is 0 Å². The summed E-state index contributed by atoms with van der Waals surface area (Å²) < 4.78 is 24.3. The Labute approximate surface area is 72.2 Å². The van der Waals surface area contributed by atoms with Gasteiger partial charge in [-0.05, 0) is 6.92 Å². The van der Waals surface area contributed by atoms with Crippen LogP contribution in [0.25, 0.3) is 0 Å². The summed E-state index contributed by atoms with van der Waals surface area (Å²) in [6.45, 7) is 1.31. The molecule has 12 heavy (non-hydrogen) atoms. The summed E-state index contributed by atoms with van der Waals surface area (Å²) in [4.78, 5) is 13.3. The van der Waals surface area contributed by atoms with Gasteiger partial charge in [0.05, 0.1) is 5.69 Å². The van der Waals surface area contributed by atoms with Gasteiger partial charge < -0.3 is 4.98 Å². The van der Waals surface area contributed by atoms with Crippen LogP contribution in [0.4, 0.5) is 8.78 Å². The predicted octanol–water partition coefficient (Wildman–Crippen LogP) is 2.27. The van der Waals surface area contributed by atoms with Gasteiger partial charge in [-0.3, -0.25) is 4.79 Å². The molecule has 66 valence electrons. The Hall–Kier alpha value is -0.900. The Kier molecular flexibility index (Phi) is 2.47. The lowest BCUT2D eigenvalue weighted by Gasteiger charge is -2.03. The van der Waals surface area contributed by atoms with E-state index in [1.54, 1.807) is 0 Å². The molecule has 1 rings (SSSR count). The summed E-state index contributed by atoms with van der Waals surface area (Å²) in [6.07, 6.45) is -1.60. The number of halogens is 3. The van der Waals surface area contributed by atoms with Crippen LogP contribution in [0.2, 0.25) is 5.02 Å². The van der Waals surface area contributed by atoms with Crippen molar-refractivity contribution in [1.82, 2.24) is 4.98 Å². The average Bonchev–Trinajstić information content (AvgIpc) is 2.00. The molecule has 0 atom stereocenters. The van der Waals surface area contributed by atoms with Crippen molar-refractivity contribution in [2.45, 2.75) is 13.3 Å². The molecule has 0 unspecified atom stereocenters. The predicted molar refractivity (Wildman–Crippen MR) is 41.8 cm³/mol. The monoisotopic (exact) mass is 193 g/mol. The van der Waals surface area contributed by atoms with E-state index in [9.17, 15) is 13.6 Å². The van der Waals surface area contributed by atoms with Gasteiger partial charge in [-0.15, -0.1) is 0 Å². The lowest BCUT2D eigenvalue weighted by Crippen LogP contribution is -2.11. The van der Waals surface area contributed by atoms with E-state index in [-0.39, 0.29) is 16.3 Å². The first-order chi connectivity index (χ1) is 5.54. The molecule has 2 nitrogen and oxygen atoms in total. The number of hydrogen-bond donors (Lipinski definition) is 1. The summed E-state index contributed by atoms with van der Waals surface area (Å²) in [5, 5.41) is -0.0723. The molecular weight excluding hydrogens is 188 g/mol. The first kappa shape index (κ1) is 9.19. The SMILES string of the molecule is Cc1c(C(F)F)[nH]cc(Cl)c1=O. The largest absolute Gasteiger partial charge is 0.359 e. The van der Waals surface area contributed by atoms with Crippen molar-refractivity contribution in [3.8, 4) is 0 Å². The van der Waals surface area contributed by atoms with Gasteiger partial charge in [-0.1, -0.05) is 11.6 Å². The first-order valence-electron chi connectivity index (χ1n) is 3.20. The minimum absolute atomic E-state index is 0.0301.